The van der Waals surface area contributed by atoms with Crippen molar-refractivity contribution in [1.82, 2.24) is 15.5 Å². The largest absolute Gasteiger partial charge is 0.339 e. The average molecular weight is 299 g/mol. The molecule has 0 saturated heterocycles. The van der Waals surface area contributed by atoms with Crippen LogP contribution in [-0.4, -0.2) is 22.5 Å². The van der Waals surface area contributed by atoms with E-state index in [1.54, 1.807) is 0 Å². The number of allylic oxidation sites excluding steroid dienone is 3. The summed E-state index contributed by atoms with van der Waals surface area (Å²) in [5, 5.41) is 6.02. The molecule has 1 aromatic rings. The number of amides is 1. The van der Waals surface area contributed by atoms with Gasteiger partial charge in [0, 0.05) is 24.7 Å². The van der Waals surface area contributed by atoms with E-state index in [1.807, 2.05) is 0 Å². The molecule has 1 atom stereocenters. The molecule has 0 bridgehead atoms. The van der Waals surface area contributed by atoms with E-state index >= 15 is 0 Å². The molecular weight excluding hydrogens is 287 g/mol. The van der Waals surface area contributed by atoms with Crippen molar-refractivity contribution in [2.45, 2.75) is 37.0 Å². The molecule has 8 heteroatoms. The second kappa shape index (κ2) is 5.01. The van der Waals surface area contributed by atoms with Crippen LogP contribution in [0.1, 0.15) is 42.8 Å². The maximum Gasteiger partial charge on any atom is 0.249 e. The quantitative estimate of drug-likeness (QED) is 0.868. The standard InChI is InChI=1S/C13H12F3N3O2/c14-9-2-1-7(3-10(9)17-6-20)11-18-12(21-19-11)8-4-13(15,16)5-8/h2-3,6-8H,1,4-5H2,(H,17,20). The predicted octanol–water partition coefficient (Wildman–Crippen LogP) is 2.55. The minimum Gasteiger partial charge on any atom is -0.339 e. The number of nitrogens with one attached hydrogen (secondary N) is 1. The maximum atomic E-state index is 13.4. The summed E-state index contributed by atoms with van der Waals surface area (Å²) in [6, 6.07) is 0. The molecule has 1 aromatic heterocycles. The van der Waals surface area contributed by atoms with E-state index in [9.17, 15) is 18.0 Å². The molecule has 0 aliphatic heterocycles. The molecule has 1 fully saturated rings. The minimum atomic E-state index is -2.66. The summed E-state index contributed by atoms with van der Waals surface area (Å²) in [5.74, 6) is -3.48. The highest BCUT2D eigenvalue weighted by Gasteiger charge is 2.48. The zero-order valence-electron chi connectivity index (χ0n) is 10.9. The number of carbonyl (C=O) groups is 1. The Morgan fingerprint density at radius 1 is 1.43 bits per heavy atom. The molecule has 21 heavy (non-hydrogen) atoms. The zero-order chi connectivity index (χ0) is 15.0. The van der Waals surface area contributed by atoms with Gasteiger partial charge >= 0.3 is 0 Å². The van der Waals surface area contributed by atoms with Crippen LogP contribution >= 0.6 is 0 Å². The van der Waals surface area contributed by atoms with Crippen LogP contribution in [0.3, 0.4) is 0 Å². The molecule has 0 spiro atoms. The van der Waals surface area contributed by atoms with Crippen molar-refractivity contribution in [3.05, 3.63) is 35.4 Å². The lowest BCUT2D eigenvalue weighted by atomic mass is 9.81. The highest BCUT2D eigenvalue weighted by molar-refractivity contribution is 5.53. The van der Waals surface area contributed by atoms with Crippen LogP contribution in [0.15, 0.2) is 28.2 Å². The fraction of sp³-hybridized carbons (Fsp3) is 0.462. The van der Waals surface area contributed by atoms with Crippen molar-refractivity contribution in [2.75, 3.05) is 0 Å². The number of halogens is 3. The molecule has 0 aromatic carbocycles. The van der Waals surface area contributed by atoms with E-state index in [2.05, 4.69) is 15.5 Å². The van der Waals surface area contributed by atoms with Crippen molar-refractivity contribution < 1.29 is 22.5 Å². The molecule has 1 saturated carbocycles. The van der Waals surface area contributed by atoms with Crippen LogP contribution in [0.25, 0.3) is 0 Å². The maximum absolute atomic E-state index is 13.4. The molecule has 112 valence electrons. The van der Waals surface area contributed by atoms with E-state index in [1.165, 1.54) is 12.2 Å². The summed E-state index contributed by atoms with van der Waals surface area (Å²) in [6.07, 6.45) is 2.90. The zero-order valence-corrected chi connectivity index (χ0v) is 10.9. The SMILES string of the molecule is O=CNC1=CC(c2noc(C3CC(F)(F)C3)n2)CC=C1F. The number of carbonyl (C=O) groups excluding carboxylic acids is 1. The first-order valence-corrected chi connectivity index (χ1v) is 6.48. The van der Waals surface area contributed by atoms with Crippen LogP contribution < -0.4 is 5.32 Å². The van der Waals surface area contributed by atoms with Gasteiger partial charge in [0.15, 0.2) is 5.82 Å². The van der Waals surface area contributed by atoms with Crippen LogP contribution in [0.4, 0.5) is 13.2 Å². The van der Waals surface area contributed by atoms with Crippen molar-refractivity contribution in [3.63, 3.8) is 0 Å². The topological polar surface area (TPSA) is 68.0 Å². The van der Waals surface area contributed by atoms with Gasteiger partial charge in [-0.15, -0.1) is 0 Å². The average Bonchev–Trinajstić information content (AvgIpc) is 2.88. The first kappa shape index (κ1) is 13.8. The predicted molar refractivity (Wildman–Crippen MR) is 65.1 cm³/mol. The Bertz CT molecular complexity index is 616. The third-order valence-electron chi connectivity index (χ3n) is 3.62. The lowest BCUT2D eigenvalue weighted by molar-refractivity contribution is -0.109. The first-order valence-electron chi connectivity index (χ1n) is 6.48. The van der Waals surface area contributed by atoms with Crippen LogP contribution in [0.2, 0.25) is 0 Å². The van der Waals surface area contributed by atoms with Gasteiger partial charge in [-0.25, -0.2) is 13.2 Å². The fourth-order valence-corrected chi connectivity index (χ4v) is 2.45. The Morgan fingerprint density at radius 3 is 2.86 bits per heavy atom. The van der Waals surface area contributed by atoms with Gasteiger partial charge in [-0.05, 0) is 18.6 Å². The number of alkyl halides is 2. The minimum absolute atomic E-state index is 0.0442. The van der Waals surface area contributed by atoms with E-state index < -0.39 is 17.7 Å². The third-order valence-corrected chi connectivity index (χ3v) is 3.62. The first-order chi connectivity index (χ1) is 9.98. The summed E-state index contributed by atoms with van der Waals surface area (Å²) in [4.78, 5) is 14.5. The molecular formula is C13H12F3N3O2. The molecule has 5 nitrogen and oxygen atoms in total. The summed E-state index contributed by atoms with van der Waals surface area (Å²) in [5.41, 5.74) is 0.0442. The fourth-order valence-electron chi connectivity index (χ4n) is 2.45. The van der Waals surface area contributed by atoms with Gasteiger partial charge in [-0.3, -0.25) is 4.79 Å². The number of rotatable bonds is 4. The smallest absolute Gasteiger partial charge is 0.249 e. The highest BCUT2D eigenvalue weighted by atomic mass is 19.3. The lowest BCUT2D eigenvalue weighted by Crippen LogP contribution is -2.33. The number of aromatic nitrogens is 2. The molecule has 3 rings (SSSR count). The summed E-state index contributed by atoms with van der Waals surface area (Å²) < 4.78 is 44.1. The Kier molecular flexibility index (Phi) is 3.30. The second-order valence-electron chi connectivity index (χ2n) is 5.19. The molecule has 1 unspecified atom stereocenters. The number of nitrogens with zero attached hydrogens (tertiary/aromatic N) is 2. The molecule has 1 heterocycles. The third kappa shape index (κ3) is 2.70. The Balaban J connectivity index is 1.74. The normalized spacial score (nSPS) is 24.8. The Morgan fingerprint density at radius 2 is 2.19 bits per heavy atom. The molecule has 1 amide bonds. The molecule has 0 radical (unpaired) electrons. The van der Waals surface area contributed by atoms with E-state index in [0.717, 1.165) is 0 Å². The van der Waals surface area contributed by atoms with Gasteiger partial charge < -0.3 is 9.84 Å². The van der Waals surface area contributed by atoms with Gasteiger partial charge in [0.1, 0.15) is 5.83 Å². The number of hydrogen-bond acceptors (Lipinski definition) is 4. The summed E-state index contributed by atoms with van der Waals surface area (Å²) >= 11 is 0. The van der Waals surface area contributed by atoms with Crippen molar-refractivity contribution in [1.29, 1.82) is 0 Å². The van der Waals surface area contributed by atoms with E-state index in [-0.39, 0.29) is 30.3 Å². The Labute approximate surface area is 117 Å². The monoisotopic (exact) mass is 299 g/mol. The van der Waals surface area contributed by atoms with Gasteiger partial charge in [0.05, 0.1) is 5.70 Å². The second-order valence-corrected chi connectivity index (χ2v) is 5.19. The summed E-state index contributed by atoms with van der Waals surface area (Å²) in [7, 11) is 0. The van der Waals surface area contributed by atoms with E-state index in [0.29, 0.717) is 18.7 Å². The molecule has 2 aliphatic rings. The van der Waals surface area contributed by atoms with Crippen LogP contribution in [0, 0.1) is 0 Å². The van der Waals surface area contributed by atoms with Gasteiger partial charge in [0.25, 0.3) is 0 Å². The summed E-state index contributed by atoms with van der Waals surface area (Å²) in [6.45, 7) is 0. The van der Waals surface area contributed by atoms with Gasteiger partial charge in [-0.1, -0.05) is 5.16 Å². The van der Waals surface area contributed by atoms with Crippen LogP contribution in [-0.2, 0) is 4.79 Å². The van der Waals surface area contributed by atoms with Crippen molar-refractivity contribution in [3.8, 4) is 0 Å². The van der Waals surface area contributed by atoms with Gasteiger partial charge in [0.2, 0.25) is 18.2 Å². The lowest BCUT2D eigenvalue weighted by Gasteiger charge is -2.31. The van der Waals surface area contributed by atoms with E-state index in [4.69, 9.17) is 4.52 Å². The highest BCUT2D eigenvalue weighted by Crippen LogP contribution is 2.47. The van der Waals surface area contributed by atoms with Crippen LogP contribution in [0.5, 0.6) is 0 Å². The van der Waals surface area contributed by atoms with Crippen molar-refractivity contribution >= 4 is 6.41 Å². The number of hydrogen-bond donors (Lipinski definition) is 1. The van der Waals surface area contributed by atoms with Crippen molar-refractivity contribution in [2.24, 2.45) is 0 Å². The Hall–Kier alpha value is -2.12. The molecule has 2 aliphatic carbocycles. The van der Waals surface area contributed by atoms with Gasteiger partial charge in [-0.2, -0.15) is 4.98 Å². The molecule has 1 N–H and O–H groups in total.